The van der Waals surface area contributed by atoms with Crippen LogP contribution in [0.15, 0.2) is 36.9 Å². The van der Waals surface area contributed by atoms with Crippen molar-refractivity contribution < 1.29 is 9.90 Å². The molecule has 8 nitrogen and oxygen atoms in total. The number of hydrazine groups is 1. The highest BCUT2D eigenvalue weighted by Gasteiger charge is 2.11. The number of imidazole rings is 1. The van der Waals surface area contributed by atoms with Crippen molar-refractivity contribution in [3.8, 4) is 5.75 Å². The lowest BCUT2D eigenvalue weighted by atomic mass is 10.2. The number of fused-ring (bicyclic) bond motifs is 1. The predicted molar refractivity (Wildman–Crippen MR) is 70.9 cm³/mol. The summed E-state index contributed by atoms with van der Waals surface area (Å²) in [4.78, 5) is 26.7. The minimum absolute atomic E-state index is 0.0961. The molecule has 0 aliphatic rings. The van der Waals surface area contributed by atoms with Crippen molar-refractivity contribution in [2.24, 2.45) is 0 Å². The predicted octanol–water partition coefficient (Wildman–Crippen LogP) is 0.815. The monoisotopic (exact) mass is 270 g/mol. The maximum absolute atomic E-state index is 11.9. The molecule has 100 valence electrons. The largest absolute Gasteiger partial charge is 0.507 e. The molecule has 2 heterocycles. The quantitative estimate of drug-likeness (QED) is 0.523. The van der Waals surface area contributed by atoms with Crippen molar-refractivity contribution in [3.63, 3.8) is 0 Å². The van der Waals surface area contributed by atoms with Crippen molar-refractivity contribution in [3.05, 3.63) is 42.5 Å². The summed E-state index contributed by atoms with van der Waals surface area (Å²) in [5.74, 6) is -0.188. The summed E-state index contributed by atoms with van der Waals surface area (Å²) in [6.45, 7) is 0. The van der Waals surface area contributed by atoms with Crippen LogP contribution in [0.25, 0.3) is 11.2 Å². The molecule has 0 fully saturated rings. The van der Waals surface area contributed by atoms with Crippen molar-refractivity contribution >= 4 is 22.9 Å². The van der Waals surface area contributed by atoms with E-state index in [0.717, 1.165) is 0 Å². The van der Waals surface area contributed by atoms with Crippen LogP contribution in [0, 0.1) is 0 Å². The number of nitrogens with zero attached hydrogens (tertiary/aromatic N) is 3. The number of carbonyl (C=O) groups excluding carboxylic acids is 1. The number of phenolic OH excluding ortho intramolecular Hbond substituents is 1. The molecule has 0 saturated carbocycles. The fourth-order valence-corrected chi connectivity index (χ4v) is 1.71. The lowest BCUT2D eigenvalue weighted by Gasteiger charge is -2.08. The van der Waals surface area contributed by atoms with E-state index in [2.05, 4.69) is 30.8 Å². The molecule has 0 aliphatic carbocycles. The topological polar surface area (TPSA) is 116 Å². The van der Waals surface area contributed by atoms with Crippen LogP contribution in [0.5, 0.6) is 5.75 Å². The highest BCUT2D eigenvalue weighted by molar-refractivity contribution is 5.97. The maximum Gasteiger partial charge on any atom is 0.273 e. The van der Waals surface area contributed by atoms with Crippen molar-refractivity contribution in [1.82, 2.24) is 25.4 Å². The summed E-state index contributed by atoms with van der Waals surface area (Å²) in [7, 11) is 0. The van der Waals surface area contributed by atoms with Gasteiger partial charge in [0.15, 0.2) is 11.5 Å². The number of para-hydroxylation sites is 1. The molecule has 0 aliphatic heterocycles. The maximum atomic E-state index is 11.9. The van der Waals surface area contributed by atoms with E-state index in [1.54, 1.807) is 12.1 Å². The van der Waals surface area contributed by atoms with Crippen LogP contribution in [0.1, 0.15) is 10.4 Å². The van der Waals surface area contributed by atoms with Crippen LogP contribution in [0.2, 0.25) is 0 Å². The zero-order valence-electron chi connectivity index (χ0n) is 10.2. The minimum Gasteiger partial charge on any atom is -0.507 e. The Morgan fingerprint density at radius 2 is 2.05 bits per heavy atom. The summed E-state index contributed by atoms with van der Waals surface area (Å²) >= 11 is 0. The van der Waals surface area contributed by atoms with Gasteiger partial charge in [-0.15, -0.1) is 0 Å². The lowest BCUT2D eigenvalue weighted by Crippen LogP contribution is -2.30. The van der Waals surface area contributed by atoms with Crippen LogP contribution in [-0.2, 0) is 0 Å². The smallest absolute Gasteiger partial charge is 0.273 e. The number of rotatable bonds is 3. The second-order valence-corrected chi connectivity index (χ2v) is 3.92. The van der Waals surface area contributed by atoms with E-state index in [4.69, 9.17) is 0 Å². The van der Waals surface area contributed by atoms with E-state index < -0.39 is 5.91 Å². The first-order valence-corrected chi connectivity index (χ1v) is 5.74. The first kappa shape index (κ1) is 11.9. The van der Waals surface area contributed by atoms with Crippen molar-refractivity contribution in [2.75, 3.05) is 5.43 Å². The summed E-state index contributed by atoms with van der Waals surface area (Å²) in [6.07, 6.45) is 2.81. The summed E-state index contributed by atoms with van der Waals surface area (Å²) in [5.41, 5.74) is 6.34. The van der Waals surface area contributed by atoms with Crippen LogP contribution in [-0.4, -0.2) is 30.9 Å². The van der Waals surface area contributed by atoms with Gasteiger partial charge in [0.25, 0.3) is 5.91 Å². The van der Waals surface area contributed by atoms with Crippen LogP contribution < -0.4 is 10.9 Å². The standard InChI is InChI=1S/C12H10N6O2/c19-8-4-2-1-3-7(8)12(20)18-17-11-9-10(14-5-13-9)15-6-16-11/h1-6,19H,(H,18,20)(H2,13,14,15,16,17). The third-order valence-electron chi connectivity index (χ3n) is 2.67. The number of nitrogens with one attached hydrogen (secondary N) is 3. The zero-order valence-corrected chi connectivity index (χ0v) is 10.2. The number of phenols is 1. The highest BCUT2D eigenvalue weighted by Crippen LogP contribution is 2.16. The van der Waals surface area contributed by atoms with Gasteiger partial charge in [0.05, 0.1) is 11.9 Å². The number of aromatic amines is 1. The van der Waals surface area contributed by atoms with E-state index in [9.17, 15) is 9.90 Å². The van der Waals surface area contributed by atoms with Crippen molar-refractivity contribution in [2.45, 2.75) is 0 Å². The molecular weight excluding hydrogens is 260 g/mol. The van der Waals surface area contributed by atoms with Gasteiger partial charge in [-0.3, -0.25) is 15.6 Å². The Morgan fingerprint density at radius 1 is 1.20 bits per heavy atom. The molecule has 2 aromatic heterocycles. The Labute approximate surface area is 112 Å². The molecule has 0 bridgehead atoms. The Morgan fingerprint density at radius 3 is 2.90 bits per heavy atom. The van der Waals surface area contributed by atoms with Gasteiger partial charge in [0.2, 0.25) is 0 Å². The fraction of sp³-hybridized carbons (Fsp3) is 0. The average Bonchev–Trinajstić information content (AvgIpc) is 2.94. The first-order valence-electron chi connectivity index (χ1n) is 5.74. The molecule has 3 rings (SSSR count). The molecular formula is C12H10N6O2. The SMILES string of the molecule is O=C(NNc1ncnc2nc[nH]c12)c1ccccc1O. The average molecular weight is 270 g/mol. The number of aromatic nitrogens is 4. The summed E-state index contributed by atoms with van der Waals surface area (Å²) < 4.78 is 0. The molecule has 1 aromatic carbocycles. The normalized spacial score (nSPS) is 10.4. The third kappa shape index (κ3) is 2.09. The molecule has 0 saturated heterocycles. The van der Waals surface area contributed by atoms with Gasteiger partial charge in [0.1, 0.15) is 17.6 Å². The van der Waals surface area contributed by atoms with E-state index in [1.165, 1.54) is 24.8 Å². The number of amides is 1. The molecule has 4 N–H and O–H groups in total. The molecule has 1 amide bonds. The number of hydrogen-bond acceptors (Lipinski definition) is 6. The highest BCUT2D eigenvalue weighted by atomic mass is 16.3. The van der Waals surface area contributed by atoms with Crippen LogP contribution in [0.4, 0.5) is 5.82 Å². The molecule has 8 heteroatoms. The molecule has 3 aromatic rings. The molecule has 20 heavy (non-hydrogen) atoms. The Balaban J connectivity index is 1.78. The fourth-order valence-electron chi connectivity index (χ4n) is 1.71. The Bertz CT molecular complexity index is 769. The van der Waals surface area contributed by atoms with E-state index >= 15 is 0 Å². The van der Waals surface area contributed by atoms with Gasteiger partial charge in [-0.05, 0) is 12.1 Å². The summed E-state index contributed by atoms with van der Waals surface area (Å²) in [5, 5.41) is 9.59. The molecule has 0 radical (unpaired) electrons. The molecule has 0 atom stereocenters. The second-order valence-electron chi connectivity index (χ2n) is 3.92. The van der Waals surface area contributed by atoms with E-state index in [-0.39, 0.29) is 11.3 Å². The third-order valence-corrected chi connectivity index (χ3v) is 2.67. The number of benzene rings is 1. The Hall–Kier alpha value is -3.16. The number of aromatic hydroxyl groups is 1. The number of H-pyrrole nitrogens is 1. The van der Waals surface area contributed by atoms with Gasteiger partial charge in [-0.1, -0.05) is 12.1 Å². The van der Waals surface area contributed by atoms with E-state index in [1.807, 2.05) is 0 Å². The first-order chi connectivity index (χ1) is 9.75. The second kappa shape index (κ2) is 4.84. The van der Waals surface area contributed by atoms with Gasteiger partial charge < -0.3 is 10.1 Å². The number of anilines is 1. The van der Waals surface area contributed by atoms with Crippen LogP contribution in [0.3, 0.4) is 0 Å². The van der Waals surface area contributed by atoms with Gasteiger partial charge in [-0.2, -0.15) is 0 Å². The van der Waals surface area contributed by atoms with Gasteiger partial charge in [-0.25, -0.2) is 15.0 Å². The lowest BCUT2D eigenvalue weighted by molar-refractivity contribution is 0.0960. The van der Waals surface area contributed by atoms with Gasteiger partial charge >= 0.3 is 0 Å². The van der Waals surface area contributed by atoms with E-state index in [0.29, 0.717) is 17.0 Å². The zero-order chi connectivity index (χ0) is 13.9. The minimum atomic E-state index is -0.477. The number of carbonyl (C=O) groups is 1. The van der Waals surface area contributed by atoms with Crippen LogP contribution >= 0.6 is 0 Å². The molecule has 0 unspecified atom stereocenters. The number of hydrogen-bond donors (Lipinski definition) is 4. The Kier molecular flexibility index (Phi) is 2.88. The van der Waals surface area contributed by atoms with Crippen molar-refractivity contribution in [1.29, 1.82) is 0 Å². The van der Waals surface area contributed by atoms with Gasteiger partial charge in [0, 0.05) is 0 Å². The summed E-state index contributed by atoms with van der Waals surface area (Å²) in [6, 6.07) is 6.25. The molecule has 0 spiro atoms.